The zero-order chi connectivity index (χ0) is 14.0. The van der Waals surface area contributed by atoms with Crippen molar-refractivity contribution in [3.8, 4) is 0 Å². The number of hydrogen-bond acceptors (Lipinski definition) is 2. The van der Waals surface area contributed by atoms with Gasteiger partial charge in [-0.15, -0.1) is 0 Å². The number of carbonyl (C=O) groups excluding carboxylic acids is 2. The van der Waals surface area contributed by atoms with Crippen LogP contribution < -0.4 is 5.73 Å². The zero-order valence-corrected chi connectivity index (χ0v) is 11.4. The van der Waals surface area contributed by atoms with Gasteiger partial charge in [0.15, 0.2) is 0 Å². The summed E-state index contributed by atoms with van der Waals surface area (Å²) >= 11 is 0. The number of carbonyl (C=O) groups is 2. The van der Waals surface area contributed by atoms with Crippen molar-refractivity contribution in [3.63, 3.8) is 0 Å². The van der Waals surface area contributed by atoms with Crippen LogP contribution in [-0.2, 0) is 4.79 Å². The zero-order valence-electron chi connectivity index (χ0n) is 11.4. The lowest BCUT2D eigenvalue weighted by Gasteiger charge is -2.44. The molecule has 1 saturated heterocycles. The maximum atomic E-state index is 12.5. The molecule has 1 fully saturated rings. The first kappa shape index (κ1) is 13.6. The van der Waals surface area contributed by atoms with E-state index in [0.29, 0.717) is 12.1 Å². The Balaban J connectivity index is 2.32. The van der Waals surface area contributed by atoms with Crippen LogP contribution in [0.4, 0.5) is 0 Å². The van der Waals surface area contributed by atoms with Crippen LogP contribution in [0.3, 0.4) is 0 Å². The molecule has 0 bridgehead atoms. The highest BCUT2D eigenvalue weighted by atomic mass is 16.2. The number of likely N-dealkylation sites (tertiary alicyclic amines) is 1. The molecule has 0 radical (unpaired) electrons. The van der Waals surface area contributed by atoms with Gasteiger partial charge < -0.3 is 10.6 Å². The fraction of sp³-hybridized carbons (Fsp3) is 0.467. The highest BCUT2D eigenvalue weighted by Gasteiger charge is 2.43. The van der Waals surface area contributed by atoms with E-state index in [0.717, 1.165) is 12.8 Å². The molecular weight excluding hydrogens is 240 g/mol. The molecule has 0 spiro atoms. The number of benzene rings is 1. The highest BCUT2D eigenvalue weighted by molar-refractivity contribution is 5.97. The smallest absolute Gasteiger partial charge is 0.254 e. The van der Waals surface area contributed by atoms with E-state index >= 15 is 0 Å². The Morgan fingerprint density at radius 2 is 1.89 bits per heavy atom. The quantitative estimate of drug-likeness (QED) is 0.881. The molecule has 19 heavy (non-hydrogen) atoms. The van der Waals surface area contributed by atoms with Crippen LogP contribution in [0.25, 0.3) is 0 Å². The molecule has 1 atom stereocenters. The maximum absolute atomic E-state index is 12.5. The first-order valence-corrected chi connectivity index (χ1v) is 6.59. The summed E-state index contributed by atoms with van der Waals surface area (Å²) in [6.45, 7) is 4.57. The van der Waals surface area contributed by atoms with Gasteiger partial charge in [0.25, 0.3) is 5.91 Å². The molecule has 0 saturated carbocycles. The predicted molar refractivity (Wildman–Crippen MR) is 73.5 cm³/mol. The van der Waals surface area contributed by atoms with E-state index in [-0.39, 0.29) is 11.3 Å². The lowest BCUT2D eigenvalue weighted by Crippen LogP contribution is -2.58. The number of nitrogens with zero attached hydrogens (tertiary/aromatic N) is 1. The van der Waals surface area contributed by atoms with Crippen LogP contribution in [0.2, 0.25) is 0 Å². The maximum Gasteiger partial charge on any atom is 0.254 e. The SMILES string of the molecule is CC1(C)CCCN(C(=O)c2ccccc2)[C@@H]1C(N)=O. The Hall–Kier alpha value is -1.84. The van der Waals surface area contributed by atoms with E-state index in [2.05, 4.69) is 0 Å². The molecule has 1 aromatic rings. The Labute approximate surface area is 113 Å². The van der Waals surface area contributed by atoms with Crippen LogP contribution >= 0.6 is 0 Å². The topological polar surface area (TPSA) is 63.4 Å². The van der Waals surface area contributed by atoms with Crippen LogP contribution in [-0.4, -0.2) is 29.3 Å². The molecule has 2 N–H and O–H groups in total. The Bertz CT molecular complexity index is 482. The van der Waals surface area contributed by atoms with Crippen LogP contribution in [0.5, 0.6) is 0 Å². The molecular formula is C15H20N2O2. The van der Waals surface area contributed by atoms with E-state index in [4.69, 9.17) is 5.73 Å². The van der Waals surface area contributed by atoms with Gasteiger partial charge in [0.1, 0.15) is 6.04 Å². The largest absolute Gasteiger partial charge is 0.368 e. The monoisotopic (exact) mass is 260 g/mol. The van der Waals surface area contributed by atoms with Crippen molar-refractivity contribution in [2.24, 2.45) is 11.1 Å². The van der Waals surface area contributed by atoms with Gasteiger partial charge in [-0.1, -0.05) is 32.0 Å². The van der Waals surface area contributed by atoms with Crippen LogP contribution in [0.15, 0.2) is 30.3 Å². The summed E-state index contributed by atoms with van der Waals surface area (Å²) in [6.07, 6.45) is 1.80. The van der Waals surface area contributed by atoms with Crippen molar-refractivity contribution < 1.29 is 9.59 Å². The van der Waals surface area contributed by atoms with Crippen molar-refractivity contribution >= 4 is 11.8 Å². The molecule has 1 aliphatic heterocycles. The molecule has 4 nitrogen and oxygen atoms in total. The van der Waals surface area contributed by atoms with Crippen molar-refractivity contribution in [1.82, 2.24) is 4.90 Å². The van der Waals surface area contributed by atoms with Gasteiger partial charge in [-0.25, -0.2) is 0 Å². The minimum atomic E-state index is -0.533. The van der Waals surface area contributed by atoms with Gasteiger partial charge in [0.05, 0.1) is 0 Å². The summed E-state index contributed by atoms with van der Waals surface area (Å²) in [7, 11) is 0. The number of nitrogens with two attached hydrogens (primary N) is 1. The van der Waals surface area contributed by atoms with Gasteiger partial charge >= 0.3 is 0 Å². The molecule has 0 aromatic heterocycles. The minimum Gasteiger partial charge on any atom is -0.368 e. The summed E-state index contributed by atoms with van der Waals surface area (Å²) < 4.78 is 0. The first-order valence-electron chi connectivity index (χ1n) is 6.59. The van der Waals surface area contributed by atoms with Gasteiger partial charge in [-0.05, 0) is 30.4 Å². The van der Waals surface area contributed by atoms with Gasteiger partial charge in [0, 0.05) is 12.1 Å². The Kier molecular flexibility index (Phi) is 3.60. The number of rotatable bonds is 2. The molecule has 2 amide bonds. The van der Waals surface area contributed by atoms with Crippen molar-refractivity contribution in [2.45, 2.75) is 32.7 Å². The normalized spacial score (nSPS) is 22.0. The highest BCUT2D eigenvalue weighted by Crippen LogP contribution is 2.35. The van der Waals surface area contributed by atoms with E-state index < -0.39 is 11.9 Å². The Morgan fingerprint density at radius 3 is 2.47 bits per heavy atom. The van der Waals surface area contributed by atoms with Crippen molar-refractivity contribution in [1.29, 1.82) is 0 Å². The Morgan fingerprint density at radius 1 is 1.26 bits per heavy atom. The number of piperidine rings is 1. The van der Waals surface area contributed by atoms with Crippen molar-refractivity contribution in [2.75, 3.05) is 6.54 Å². The second-order valence-electron chi connectivity index (χ2n) is 5.76. The average Bonchev–Trinajstić information content (AvgIpc) is 2.37. The fourth-order valence-corrected chi connectivity index (χ4v) is 2.90. The van der Waals surface area contributed by atoms with E-state index in [9.17, 15) is 9.59 Å². The minimum absolute atomic E-state index is 0.114. The molecule has 1 aromatic carbocycles. The second kappa shape index (κ2) is 5.03. The average molecular weight is 260 g/mol. The summed E-state index contributed by atoms with van der Waals surface area (Å²) in [6, 6.07) is 8.50. The van der Waals surface area contributed by atoms with Gasteiger partial charge in [-0.3, -0.25) is 9.59 Å². The van der Waals surface area contributed by atoms with Crippen LogP contribution in [0, 0.1) is 5.41 Å². The predicted octanol–water partition coefficient (Wildman–Crippen LogP) is 1.80. The lowest BCUT2D eigenvalue weighted by atomic mass is 9.76. The van der Waals surface area contributed by atoms with Gasteiger partial charge in [0.2, 0.25) is 5.91 Å². The summed E-state index contributed by atoms with van der Waals surface area (Å²) in [5.41, 5.74) is 5.85. The molecule has 2 rings (SSSR count). The summed E-state index contributed by atoms with van der Waals surface area (Å²) in [5, 5.41) is 0. The van der Waals surface area contributed by atoms with Gasteiger partial charge in [-0.2, -0.15) is 0 Å². The lowest BCUT2D eigenvalue weighted by molar-refractivity contribution is -0.128. The third-order valence-corrected chi connectivity index (χ3v) is 3.82. The fourth-order valence-electron chi connectivity index (χ4n) is 2.90. The number of primary amides is 1. The summed E-state index contributed by atoms with van der Waals surface area (Å²) in [5.74, 6) is -0.536. The second-order valence-corrected chi connectivity index (χ2v) is 5.76. The van der Waals surface area contributed by atoms with Crippen molar-refractivity contribution in [3.05, 3.63) is 35.9 Å². The number of amides is 2. The van der Waals surface area contributed by atoms with E-state index in [1.807, 2.05) is 32.0 Å². The van der Waals surface area contributed by atoms with Crippen LogP contribution in [0.1, 0.15) is 37.0 Å². The molecule has 1 aliphatic rings. The molecule has 0 unspecified atom stereocenters. The number of hydrogen-bond donors (Lipinski definition) is 1. The van der Waals surface area contributed by atoms with E-state index in [1.165, 1.54) is 0 Å². The standard InChI is InChI=1S/C15H20N2O2/c1-15(2)9-6-10-17(12(15)13(16)18)14(19)11-7-4-3-5-8-11/h3-5,7-8,12H,6,9-10H2,1-2H3,(H2,16,18)/t12-/m1/s1. The molecule has 0 aliphatic carbocycles. The first-order chi connectivity index (χ1) is 8.93. The summed E-state index contributed by atoms with van der Waals surface area (Å²) in [4.78, 5) is 25.9. The third-order valence-electron chi connectivity index (χ3n) is 3.82. The third kappa shape index (κ3) is 2.62. The van der Waals surface area contributed by atoms with E-state index in [1.54, 1.807) is 17.0 Å². The molecule has 4 heteroatoms. The molecule has 1 heterocycles. The molecule has 102 valence electrons.